The standard InChI is InChI=1S/C29H29F2N4OP.C3H6F2.C2H6/c1-17-6-5-7-20(14-17)26(32)21-16-23(30)22(15-18(21)2)28(36)34-12-10-19(11-13-34)27-33-24-8-3-4-9-25(24)35(27)29(31)37;1-2-3(4)5;1-2/h3-9,14-16,19,29,32H,10-13,37H2,1-2H3;3H,2H2,1H3;1-2H3. The molecule has 1 fully saturated rings. The van der Waals surface area contributed by atoms with Crippen LogP contribution in [0.25, 0.3) is 11.0 Å². The molecule has 1 amide bonds. The van der Waals surface area contributed by atoms with E-state index < -0.39 is 18.3 Å². The Balaban J connectivity index is 0.000000688. The maximum Gasteiger partial charge on any atom is 0.256 e. The number of para-hydroxylation sites is 2. The number of carbonyl (C=O) groups excluding carboxylic acids is 1. The smallest absolute Gasteiger partial charge is 0.256 e. The molecule has 0 bridgehead atoms. The van der Waals surface area contributed by atoms with Crippen molar-refractivity contribution < 1.29 is 22.4 Å². The molecule has 2 unspecified atom stereocenters. The topological polar surface area (TPSA) is 62.0 Å². The van der Waals surface area contributed by atoms with Gasteiger partial charge in [-0.15, -0.1) is 0 Å². The lowest BCUT2D eigenvalue weighted by Crippen LogP contribution is -2.39. The predicted octanol–water partition coefficient (Wildman–Crippen LogP) is 9.22. The summed E-state index contributed by atoms with van der Waals surface area (Å²) < 4.78 is 52.8. The fourth-order valence-electron chi connectivity index (χ4n) is 5.19. The Hall–Kier alpha value is -3.58. The molecule has 0 spiro atoms. The molecule has 1 saturated heterocycles. The predicted molar refractivity (Wildman–Crippen MR) is 173 cm³/mol. The van der Waals surface area contributed by atoms with Crippen LogP contribution in [0.3, 0.4) is 0 Å². The zero-order valence-electron chi connectivity index (χ0n) is 25.9. The first-order chi connectivity index (χ1) is 21.0. The fourth-order valence-corrected chi connectivity index (χ4v) is 5.51. The Bertz CT molecular complexity index is 1580. The SMILES string of the molecule is CC.CCC(F)F.Cc1cccc(C(=N)c2cc(F)c(C(=O)N3CCC(c4nc5ccccc5n4C(F)P)CC3)cc2C)c1. The van der Waals surface area contributed by atoms with E-state index in [1.54, 1.807) is 22.5 Å². The van der Waals surface area contributed by atoms with Gasteiger partial charge in [0.15, 0.2) is 6.04 Å². The Morgan fingerprint density at radius 1 is 1.00 bits per heavy atom. The molecule has 5 rings (SSSR count). The van der Waals surface area contributed by atoms with Gasteiger partial charge in [-0.3, -0.25) is 14.8 Å². The lowest BCUT2D eigenvalue weighted by molar-refractivity contribution is 0.0704. The van der Waals surface area contributed by atoms with E-state index in [2.05, 4.69) is 9.24 Å². The molecule has 2 atom stereocenters. The van der Waals surface area contributed by atoms with E-state index in [0.717, 1.165) is 16.6 Å². The van der Waals surface area contributed by atoms with Gasteiger partial charge in [-0.05, 0) is 62.6 Å². The van der Waals surface area contributed by atoms with Gasteiger partial charge < -0.3 is 4.90 Å². The van der Waals surface area contributed by atoms with Gasteiger partial charge in [-0.2, -0.15) is 0 Å². The first kappa shape index (κ1) is 34.9. The zero-order valence-corrected chi connectivity index (χ0v) is 27.0. The fraction of sp³-hybridized carbons (Fsp3) is 0.382. The van der Waals surface area contributed by atoms with Gasteiger partial charge in [-0.1, -0.05) is 65.9 Å². The highest BCUT2D eigenvalue weighted by molar-refractivity contribution is 7.16. The van der Waals surface area contributed by atoms with Crippen molar-refractivity contribution in [2.75, 3.05) is 13.1 Å². The monoisotopic (exact) mass is 628 g/mol. The van der Waals surface area contributed by atoms with E-state index in [1.807, 2.05) is 69.3 Å². The van der Waals surface area contributed by atoms with E-state index >= 15 is 4.39 Å². The van der Waals surface area contributed by atoms with Gasteiger partial charge in [0.2, 0.25) is 6.43 Å². The summed E-state index contributed by atoms with van der Waals surface area (Å²) in [4.78, 5) is 19.6. The molecule has 0 saturated carbocycles. The molecule has 5 nitrogen and oxygen atoms in total. The number of nitrogens with one attached hydrogen (secondary N) is 1. The number of benzene rings is 3. The lowest BCUT2D eigenvalue weighted by Gasteiger charge is -2.32. The first-order valence-corrected chi connectivity index (χ1v) is 15.6. The summed E-state index contributed by atoms with van der Waals surface area (Å²) in [6.07, 6.45) is -0.915. The van der Waals surface area contributed by atoms with Crippen LogP contribution in [0, 0.1) is 25.1 Å². The molecule has 1 aliphatic heterocycles. The van der Waals surface area contributed by atoms with Gasteiger partial charge in [0.05, 0.1) is 22.3 Å². The average Bonchev–Trinajstić information content (AvgIpc) is 3.43. The van der Waals surface area contributed by atoms with E-state index in [-0.39, 0.29) is 29.5 Å². The maximum absolute atomic E-state index is 15.2. The lowest BCUT2D eigenvalue weighted by atomic mass is 9.93. The number of hydrogen-bond donors (Lipinski definition) is 1. The number of alkyl halides is 3. The van der Waals surface area contributed by atoms with Crippen LogP contribution in [-0.2, 0) is 0 Å². The Morgan fingerprint density at radius 2 is 1.64 bits per heavy atom. The van der Waals surface area contributed by atoms with Crippen LogP contribution >= 0.6 is 9.24 Å². The second kappa shape index (κ2) is 15.9. The molecular formula is C34H41F4N4OP. The molecule has 0 aliphatic carbocycles. The summed E-state index contributed by atoms with van der Waals surface area (Å²) in [5.74, 6) is -0.318. The highest BCUT2D eigenvalue weighted by Gasteiger charge is 2.30. The van der Waals surface area contributed by atoms with Crippen LogP contribution in [-0.4, -0.2) is 45.6 Å². The minimum Gasteiger partial charge on any atom is -0.339 e. The van der Waals surface area contributed by atoms with Crippen molar-refractivity contribution in [2.45, 2.75) is 72.3 Å². The number of fused-ring (bicyclic) bond motifs is 1. The number of hydrogen-bond acceptors (Lipinski definition) is 3. The van der Waals surface area contributed by atoms with E-state index in [1.165, 1.54) is 13.0 Å². The van der Waals surface area contributed by atoms with Gasteiger partial charge >= 0.3 is 0 Å². The van der Waals surface area contributed by atoms with Gasteiger partial charge in [-0.25, -0.2) is 22.5 Å². The Labute approximate surface area is 259 Å². The number of likely N-dealkylation sites (tertiary alicyclic amines) is 1. The van der Waals surface area contributed by atoms with Crippen molar-refractivity contribution in [2.24, 2.45) is 0 Å². The Morgan fingerprint density at radius 3 is 2.23 bits per heavy atom. The summed E-state index contributed by atoms with van der Waals surface area (Å²) in [6.45, 7) is 10.1. The van der Waals surface area contributed by atoms with Gasteiger partial charge in [0.25, 0.3) is 5.91 Å². The van der Waals surface area contributed by atoms with Crippen LogP contribution in [0.15, 0.2) is 60.7 Å². The number of imidazole rings is 1. The number of piperidine rings is 1. The third-order valence-corrected chi connectivity index (χ3v) is 7.74. The van der Waals surface area contributed by atoms with Crippen LogP contribution in [0.1, 0.15) is 90.4 Å². The van der Waals surface area contributed by atoms with Crippen LogP contribution in [0.4, 0.5) is 17.6 Å². The molecule has 2 heterocycles. The van der Waals surface area contributed by atoms with E-state index in [4.69, 9.17) is 10.4 Å². The molecule has 236 valence electrons. The van der Waals surface area contributed by atoms with Crippen molar-refractivity contribution in [3.05, 3.63) is 100 Å². The molecule has 4 aromatic rings. The number of aryl methyl sites for hydroxylation is 2. The maximum atomic E-state index is 15.2. The van der Waals surface area contributed by atoms with Gasteiger partial charge in [0, 0.05) is 36.6 Å². The van der Waals surface area contributed by atoms with Crippen molar-refractivity contribution in [3.8, 4) is 0 Å². The summed E-state index contributed by atoms with van der Waals surface area (Å²) >= 11 is 0. The molecular weight excluding hydrogens is 587 g/mol. The number of rotatable bonds is 6. The van der Waals surface area contributed by atoms with E-state index in [9.17, 15) is 18.0 Å². The molecule has 1 aliphatic rings. The highest BCUT2D eigenvalue weighted by Crippen LogP contribution is 2.35. The van der Waals surface area contributed by atoms with Crippen molar-refractivity contribution in [1.82, 2.24) is 14.5 Å². The number of aromatic nitrogens is 2. The summed E-state index contributed by atoms with van der Waals surface area (Å²) in [7, 11) is 2.19. The number of nitrogens with zero attached hydrogens (tertiary/aromatic N) is 3. The van der Waals surface area contributed by atoms with E-state index in [0.29, 0.717) is 48.4 Å². The third-order valence-electron chi connectivity index (χ3n) is 7.45. The zero-order chi connectivity index (χ0) is 32.6. The van der Waals surface area contributed by atoms with Crippen molar-refractivity contribution >= 4 is 31.9 Å². The molecule has 0 radical (unpaired) electrons. The number of amides is 1. The van der Waals surface area contributed by atoms with Crippen LogP contribution in [0.5, 0.6) is 0 Å². The largest absolute Gasteiger partial charge is 0.339 e. The normalized spacial score (nSPS) is 14.0. The van der Waals surface area contributed by atoms with Crippen LogP contribution in [0.2, 0.25) is 0 Å². The van der Waals surface area contributed by atoms with Crippen molar-refractivity contribution in [1.29, 1.82) is 5.41 Å². The Kier molecular flexibility index (Phi) is 12.6. The molecule has 1 aromatic heterocycles. The van der Waals surface area contributed by atoms with Gasteiger partial charge in [0.1, 0.15) is 11.6 Å². The third kappa shape index (κ3) is 8.12. The van der Waals surface area contributed by atoms with Crippen LogP contribution < -0.4 is 0 Å². The second-order valence-corrected chi connectivity index (χ2v) is 11.0. The molecule has 1 N–H and O–H groups in total. The summed E-state index contributed by atoms with van der Waals surface area (Å²) in [5.41, 5.74) is 4.59. The summed E-state index contributed by atoms with van der Waals surface area (Å²) in [6, 6.07) is 16.5. The minimum absolute atomic E-state index is 0.000916. The highest BCUT2D eigenvalue weighted by atomic mass is 31.0. The quantitative estimate of drug-likeness (QED) is 0.131. The second-order valence-electron chi connectivity index (χ2n) is 10.5. The molecule has 44 heavy (non-hydrogen) atoms. The summed E-state index contributed by atoms with van der Waals surface area (Å²) in [5, 5.41) is 8.57. The average molecular weight is 629 g/mol. The molecule has 10 heteroatoms. The first-order valence-electron chi connectivity index (χ1n) is 14.9. The van der Waals surface area contributed by atoms with Crippen molar-refractivity contribution in [3.63, 3.8) is 0 Å². The minimum atomic E-state index is -2.12. The number of halogens is 4. The molecule has 3 aromatic carbocycles. The number of carbonyl (C=O) groups is 1.